The Labute approximate surface area is 131 Å². The molecule has 7 heteroatoms. The number of nitrogens with one attached hydrogen (secondary N) is 2. The molecule has 0 aromatic heterocycles. The number of rotatable bonds is 5. The molecule has 1 heterocycles. The van der Waals surface area contributed by atoms with Gasteiger partial charge in [0.15, 0.2) is 0 Å². The van der Waals surface area contributed by atoms with Crippen molar-refractivity contribution in [1.29, 1.82) is 0 Å². The van der Waals surface area contributed by atoms with Gasteiger partial charge in [-0.3, -0.25) is 0 Å². The summed E-state index contributed by atoms with van der Waals surface area (Å²) in [5, 5.41) is 2.89. The fraction of sp³-hybridized carbons (Fsp3) is 0.533. The first-order chi connectivity index (χ1) is 10.4. The number of piperidine rings is 1. The van der Waals surface area contributed by atoms with Gasteiger partial charge in [-0.1, -0.05) is 30.3 Å². The summed E-state index contributed by atoms with van der Waals surface area (Å²) < 4.78 is 25.1. The Balaban J connectivity index is 1.77. The molecule has 2 amide bonds. The Morgan fingerprint density at radius 3 is 2.73 bits per heavy atom. The van der Waals surface area contributed by atoms with E-state index < -0.39 is 10.0 Å². The number of amides is 2. The van der Waals surface area contributed by atoms with E-state index in [1.165, 1.54) is 5.56 Å². The first-order valence-corrected chi connectivity index (χ1v) is 9.37. The molecular formula is C15H23N3O3S. The number of sulfonamides is 1. The SMILES string of the molecule is CS(=O)(=O)N[C@H]1CCCN(C(=O)NCCc2ccccc2)C1. The Kier molecular flexibility index (Phi) is 5.79. The molecule has 0 aliphatic carbocycles. The van der Waals surface area contributed by atoms with Crippen molar-refractivity contribution in [2.24, 2.45) is 0 Å². The minimum atomic E-state index is -3.23. The first kappa shape index (κ1) is 16.8. The van der Waals surface area contributed by atoms with Crippen molar-refractivity contribution >= 4 is 16.1 Å². The summed E-state index contributed by atoms with van der Waals surface area (Å²) in [6.07, 6.45) is 3.50. The highest BCUT2D eigenvalue weighted by molar-refractivity contribution is 7.88. The Bertz CT molecular complexity index is 589. The number of hydrogen-bond donors (Lipinski definition) is 2. The summed E-state index contributed by atoms with van der Waals surface area (Å²) in [5.74, 6) is 0. The number of nitrogens with zero attached hydrogens (tertiary/aromatic N) is 1. The van der Waals surface area contributed by atoms with Crippen LogP contribution in [0.5, 0.6) is 0 Å². The van der Waals surface area contributed by atoms with E-state index in [0.29, 0.717) is 19.6 Å². The summed E-state index contributed by atoms with van der Waals surface area (Å²) in [5.41, 5.74) is 1.18. The molecular weight excluding hydrogens is 302 g/mol. The maximum absolute atomic E-state index is 12.1. The smallest absolute Gasteiger partial charge is 0.317 e. The molecule has 1 atom stereocenters. The van der Waals surface area contributed by atoms with Crippen molar-refractivity contribution in [1.82, 2.24) is 14.9 Å². The lowest BCUT2D eigenvalue weighted by atomic mass is 10.1. The Morgan fingerprint density at radius 2 is 2.05 bits per heavy atom. The summed E-state index contributed by atoms with van der Waals surface area (Å²) in [6, 6.07) is 9.65. The molecule has 0 bridgehead atoms. The van der Waals surface area contributed by atoms with Crippen LogP contribution < -0.4 is 10.0 Å². The molecule has 1 aromatic carbocycles. The van der Waals surface area contributed by atoms with E-state index in [1.54, 1.807) is 4.90 Å². The summed E-state index contributed by atoms with van der Waals surface area (Å²) >= 11 is 0. The predicted octanol–water partition coefficient (Wildman–Crippen LogP) is 0.952. The van der Waals surface area contributed by atoms with Crippen LogP contribution in [0.2, 0.25) is 0 Å². The minimum absolute atomic E-state index is 0.129. The zero-order valence-electron chi connectivity index (χ0n) is 12.8. The molecule has 122 valence electrons. The van der Waals surface area contributed by atoms with E-state index in [9.17, 15) is 13.2 Å². The molecule has 0 radical (unpaired) electrons. The van der Waals surface area contributed by atoms with Gasteiger partial charge in [0.05, 0.1) is 6.26 Å². The van der Waals surface area contributed by atoms with Gasteiger partial charge in [-0.25, -0.2) is 17.9 Å². The maximum Gasteiger partial charge on any atom is 0.317 e. The number of likely N-dealkylation sites (tertiary alicyclic amines) is 1. The van der Waals surface area contributed by atoms with Gasteiger partial charge in [-0.15, -0.1) is 0 Å². The number of hydrogen-bond acceptors (Lipinski definition) is 3. The van der Waals surface area contributed by atoms with Crippen LogP contribution in [0.3, 0.4) is 0 Å². The van der Waals surface area contributed by atoms with E-state index in [0.717, 1.165) is 25.5 Å². The number of urea groups is 1. The Hall–Kier alpha value is -1.60. The molecule has 1 saturated heterocycles. The standard InChI is InChI=1S/C15H23N3O3S/c1-22(20,21)17-14-8-5-11-18(12-14)15(19)16-10-9-13-6-3-2-4-7-13/h2-4,6-7,14,17H,5,8-12H2,1H3,(H,16,19)/t14-/m0/s1. The molecule has 1 fully saturated rings. The quantitative estimate of drug-likeness (QED) is 0.846. The van der Waals surface area contributed by atoms with Crippen LogP contribution in [0.1, 0.15) is 18.4 Å². The lowest BCUT2D eigenvalue weighted by molar-refractivity contribution is 0.177. The van der Waals surface area contributed by atoms with Crippen molar-refractivity contribution in [3.05, 3.63) is 35.9 Å². The zero-order chi connectivity index (χ0) is 16.0. The average molecular weight is 325 g/mol. The van der Waals surface area contributed by atoms with Crippen LogP contribution in [0.15, 0.2) is 30.3 Å². The van der Waals surface area contributed by atoms with Gasteiger partial charge < -0.3 is 10.2 Å². The molecule has 0 saturated carbocycles. The van der Waals surface area contributed by atoms with Gasteiger partial charge in [0.1, 0.15) is 0 Å². The number of benzene rings is 1. The van der Waals surface area contributed by atoms with Crippen LogP contribution in [0.4, 0.5) is 4.79 Å². The third-order valence-corrected chi connectivity index (χ3v) is 4.38. The lowest BCUT2D eigenvalue weighted by Gasteiger charge is -2.32. The van der Waals surface area contributed by atoms with Crippen molar-refractivity contribution in [2.45, 2.75) is 25.3 Å². The second-order valence-electron chi connectivity index (χ2n) is 5.64. The third kappa shape index (κ3) is 5.65. The minimum Gasteiger partial charge on any atom is -0.338 e. The lowest BCUT2D eigenvalue weighted by Crippen LogP contribution is -2.52. The fourth-order valence-electron chi connectivity index (χ4n) is 2.63. The number of carbonyl (C=O) groups excluding carboxylic acids is 1. The van der Waals surface area contributed by atoms with E-state index >= 15 is 0 Å². The number of carbonyl (C=O) groups is 1. The van der Waals surface area contributed by atoms with Gasteiger partial charge >= 0.3 is 6.03 Å². The molecule has 22 heavy (non-hydrogen) atoms. The van der Waals surface area contributed by atoms with Crippen molar-refractivity contribution in [3.63, 3.8) is 0 Å². The normalized spacial score (nSPS) is 19.0. The second-order valence-corrected chi connectivity index (χ2v) is 7.42. The van der Waals surface area contributed by atoms with Gasteiger partial charge in [0.25, 0.3) is 0 Å². The van der Waals surface area contributed by atoms with Gasteiger partial charge in [0, 0.05) is 25.7 Å². The zero-order valence-corrected chi connectivity index (χ0v) is 13.6. The van der Waals surface area contributed by atoms with E-state index in [4.69, 9.17) is 0 Å². The van der Waals surface area contributed by atoms with E-state index in [-0.39, 0.29) is 12.1 Å². The highest BCUT2D eigenvalue weighted by Gasteiger charge is 2.25. The van der Waals surface area contributed by atoms with Crippen LogP contribution in [-0.4, -0.2) is 51.3 Å². The molecule has 0 spiro atoms. The Morgan fingerprint density at radius 1 is 1.32 bits per heavy atom. The summed E-state index contributed by atoms with van der Waals surface area (Å²) in [6.45, 7) is 1.66. The van der Waals surface area contributed by atoms with Crippen molar-refractivity contribution < 1.29 is 13.2 Å². The third-order valence-electron chi connectivity index (χ3n) is 3.62. The van der Waals surface area contributed by atoms with Crippen molar-refractivity contribution in [3.8, 4) is 0 Å². The largest absolute Gasteiger partial charge is 0.338 e. The maximum atomic E-state index is 12.1. The van der Waals surface area contributed by atoms with Gasteiger partial charge in [-0.05, 0) is 24.8 Å². The second kappa shape index (κ2) is 7.60. The molecule has 1 aliphatic rings. The fourth-order valence-corrected chi connectivity index (χ4v) is 3.43. The summed E-state index contributed by atoms with van der Waals surface area (Å²) in [7, 11) is -3.23. The molecule has 0 unspecified atom stereocenters. The van der Waals surface area contributed by atoms with Crippen molar-refractivity contribution in [2.75, 3.05) is 25.9 Å². The highest BCUT2D eigenvalue weighted by atomic mass is 32.2. The van der Waals surface area contributed by atoms with Gasteiger partial charge in [0.2, 0.25) is 10.0 Å². The monoisotopic (exact) mass is 325 g/mol. The summed E-state index contributed by atoms with van der Waals surface area (Å²) in [4.78, 5) is 13.8. The predicted molar refractivity (Wildman–Crippen MR) is 86.1 cm³/mol. The average Bonchev–Trinajstić information content (AvgIpc) is 2.47. The van der Waals surface area contributed by atoms with E-state index in [1.807, 2.05) is 30.3 Å². The van der Waals surface area contributed by atoms with Gasteiger partial charge in [-0.2, -0.15) is 0 Å². The van der Waals surface area contributed by atoms with Crippen LogP contribution >= 0.6 is 0 Å². The van der Waals surface area contributed by atoms with Crippen LogP contribution in [-0.2, 0) is 16.4 Å². The molecule has 1 aliphatic heterocycles. The molecule has 1 aromatic rings. The highest BCUT2D eigenvalue weighted by Crippen LogP contribution is 2.11. The van der Waals surface area contributed by atoms with Crippen LogP contribution in [0, 0.1) is 0 Å². The van der Waals surface area contributed by atoms with E-state index in [2.05, 4.69) is 10.0 Å². The topological polar surface area (TPSA) is 78.5 Å². The van der Waals surface area contributed by atoms with Crippen LogP contribution in [0.25, 0.3) is 0 Å². The first-order valence-electron chi connectivity index (χ1n) is 7.48. The molecule has 6 nitrogen and oxygen atoms in total. The molecule has 2 N–H and O–H groups in total. The molecule has 2 rings (SSSR count).